The molecule has 1 aliphatic rings. The van der Waals surface area contributed by atoms with Crippen molar-refractivity contribution in [1.29, 1.82) is 0 Å². The van der Waals surface area contributed by atoms with Gasteiger partial charge in [0.2, 0.25) is 5.13 Å². The van der Waals surface area contributed by atoms with Crippen molar-refractivity contribution < 1.29 is 0 Å². The van der Waals surface area contributed by atoms with Crippen LogP contribution < -0.4 is 5.32 Å². The van der Waals surface area contributed by atoms with Crippen LogP contribution in [0.15, 0.2) is 0 Å². The Morgan fingerprint density at radius 3 is 2.74 bits per heavy atom. The van der Waals surface area contributed by atoms with Gasteiger partial charge in [0.15, 0.2) is 5.01 Å². The molecule has 2 aromatic rings. The zero-order valence-electron chi connectivity index (χ0n) is 11.4. The molecular weight excluding hydrogens is 276 g/mol. The van der Waals surface area contributed by atoms with Gasteiger partial charge in [-0.2, -0.15) is 0 Å². The van der Waals surface area contributed by atoms with E-state index in [1.807, 2.05) is 0 Å². The molecule has 1 saturated carbocycles. The average Bonchev–Trinajstić information content (AvgIpc) is 2.97. The van der Waals surface area contributed by atoms with Crippen LogP contribution in [-0.4, -0.2) is 21.7 Å². The second-order valence-corrected chi connectivity index (χ2v) is 7.59. The van der Waals surface area contributed by atoms with Crippen LogP contribution in [0.2, 0.25) is 0 Å². The molecule has 0 aromatic carbocycles. The summed E-state index contributed by atoms with van der Waals surface area (Å²) in [5.74, 6) is 1.27. The molecule has 4 nitrogen and oxygen atoms in total. The molecule has 0 radical (unpaired) electrons. The lowest BCUT2D eigenvalue weighted by Crippen LogP contribution is -2.07. The normalized spacial score (nSPS) is 15.2. The summed E-state index contributed by atoms with van der Waals surface area (Å²) in [6, 6.07) is 0. The van der Waals surface area contributed by atoms with E-state index in [1.165, 1.54) is 23.4 Å². The van der Waals surface area contributed by atoms with Gasteiger partial charge < -0.3 is 5.32 Å². The van der Waals surface area contributed by atoms with Crippen LogP contribution in [0.5, 0.6) is 0 Å². The number of hydrogen-bond acceptors (Lipinski definition) is 6. The van der Waals surface area contributed by atoms with Crippen LogP contribution >= 0.6 is 22.7 Å². The van der Waals surface area contributed by atoms with Gasteiger partial charge in [-0.15, -0.1) is 21.5 Å². The fourth-order valence-corrected chi connectivity index (χ4v) is 3.74. The molecule has 0 amide bonds. The number of nitrogens with zero attached hydrogens (tertiary/aromatic N) is 3. The first-order valence-corrected chi connectivity index (χ1v) is 8.32. The second kappa shape index (κ2) is 5.17. The minimum atomic E-state index is 0.611. The highest BCUT2D eigenvalue weighted by Crippen LogP contribution is 2.46. The number of nitrogens with one attached hydrogen (secondary N) is 1. The van der Waals surface area contributed by atoms with Crippen molar-refractivity contribution in [3.63, 3.8) is 0 Å². The summed E-state index contributed by atoms with van der Waals surface area (Å²) < 4.78 is 0. The van der Waals surface area contributed by atoms with Crippen LogP contribution in [0.25, 0.3) is 9.88 Å². The zero-order valence-corrected chi connectivity index (χ0v) is 13.1. The smallest absolute Gasteiger partial charge is 0.206 e. The Morgan fingerprint density at radius 1 is 1.26 bits per heavy atom. The second-order valence-electron chi connectivity index (χ2n) is 5.41. The van der Waals surface area contributed by atoms with Crippen molar-refractivity contribution in [2.24, 2.45) is 5.92 Å². The van der Waals surface area contributed by atoms with E-state index in [-0.39, 0.29) is 0 Å². The first-order valence-electron chi connectivity index (χ1n) is 6.68. The maximum absolute atomic E-state index is 4.67. The molecule has 1 fully saturated rings. The molecular formula is C13H18N4S2. The molecule has 0 spiro atoms. The molecule has 0 aliphatic heterocycles. The Balaban J connectivity index is 1.82. The summed E-state index contributed by atoms with van der Waals surface area (Å²) in [5.41, 5.74) is 1.24. The van der Waals surface area contributed by atoms with E-state index in [9.17, 15) is 0 Å². The first-order chi connectivity index (χ1) is 9.13. The largest absolute Gasteiger partial charge is 0.360 e. The van der Waals surface area contributed by atoms with E-state index in [0.717, 1.165) is 21.7 Å². The van der Waals surface area contributed by atoms with Crippen LogP contribution in [0.3, 0.4) is 0 Å². The summed E-state index contributed by atoms with van der Waals surface area (Å²) in [6.45, 7) is 7.38. The Bertz CT molecular complexity index is 569. The Morgan fingerprint density at radius 2 is 2.05 bits per heavy atom. The van der Waals surface area contributed by atoms with Crippen LogP contribution in [0.4, 0.5) is 5.13 Å². The monoisotopic (exact) mass is 294 g/mol. The summed E-state index contributed by atoms with van der Waals surface area (Å²) in [5, 5.41) is 14.9. The molecule has 6 heteroatoms. The molecule has 2 aromatic heterocycles. The highest BCUT2D eigenvalue weighted by Gasteiger charge is 2.30. The van der Waals surface area contributed by atoms with Crippen molar-refractivity contribution in [3.8, 4) is 9.88 Å². The van der Waals surface area contributed by atoms with E-state index in [0.29, 0.717) is 11.8 Å². The quantitative estimate of drug-likeness (QED) is 0.908. The van der Waals surface area contributed by atoms with Gasteiger partial charge in [0.25, 0.3) is 0 Å². The molecule has 19 heavy (non-hydrogen) atoms. The van der Waals surface area contributed by atoms with E-state index in [4.69, 9.17) is 0 Å². The molecule has 102 valence electrons. The lowest BCUT2D eigenvalue weighted by atomic mass is 10.2. The maximum atomic E-state index is 4.67. The van der Waals surface area contributed by atoms with Crippen LogP contribution in [0, 0.1) is 12.8 Å². The van der Waals surface area contributed by atoms with Crippen LogP contribution in [-0.2, 0) is 0 Å². The predicted octanol–water partition coefficient (Wildman–Crippen LogP) is 3.92. The lowest BCUT2D eigenvalue weighted by Gasteiger charge is -2.03. The highest BCUT2D eigenvalue weighted by atomic mass is 32.1. The summed E-state index contributed by atoms with van der Waals surface area (Å²) in [7, 11) is 0. The fraction of sp³-hybridized carbons (Fsp3) is 0.615. The third kappa shape index (κ3) is 2.95. The van der Waals surface area contributed by atoms with Gasteiger partial charge in [0.1, 0.15) is 0 Å². The van der Waals surface area contributed by atoms with Crippen molar-refractivity contribution in [2.45, 2.75) is 39.5 Å². The molecule has 3 rings (SSSR count). The molecule has 2 heterocycles. The van der Waals surface area contributed by atoms with E-state index in [2.05, 4.69) is 41.3 Å². The highest BCUT2D eigenvalue weighted by molar-refractivity contribution is 7.23. The molecule has 0 bridgehead atoms. The standard InChI is InChI=1S/C13H18N4S2/c1-7(2)6-14-13-17-16-12(19-13)11-10(9-4-5-9)15-8(3)18-11/h7,9H,4-6H2,1-3H3,(H,14,17). The van der Waals surface area contributed by atoms with Crippen molar-refractivity contribution in [3.05, 3.63) is 10.7 Å². The molecule has 0 saturated heterocycles. The molecule has 1 N–H and O–H groups in total. The first kappa shape index (κ1) is 13.0. The van der Waals surface area contributed by atoms with E-state index >= 15 is 0 Å². The SMILES string of the molecule is Cc1nc(C2CC2)c(-c2nnc(NCC(C)C)s2)s1. The van der Waals surface area contributed by atoms with Crippen molar-refractivity contribution in [2.75, 3.05) is 11.9 Å². The summed E-state index contributed by atoms with van der Waals surface area (Å²) in [6.07, 6.45) is 2.54. The van der Waals surface area contributed by atoms with Gasteiger partial charge in [-0.05, 0) is 25.7 Å². The zero-order chi connectivity index (χ0) is 13.4. The van der Waals surface area contributed by atoms with Gasteiger partial charge in [-0.25, -0.2) is 4.98 Å². The summed E-state index contributed by atoms with van der Waals surface area (Å²) in [4.78, 5) is 5.90. The predicted molar refractivity (Wildman–Crippen MR) is 81.1 cm³/mol. The van der Waals surface area contributed by atoms with Gasteiger partial charge in [-0.3, -0.25) is 0 Å². The molecule has 0 atom stereocenters. The minimum Gasteiger partial charge on any atom is -0.360 e. The Kier molecular flexibility index (Phi) is 3.54. The van der Waals surface area contributed by atoms with E-state index < -0.39 is 0 Å². The van der Waals surface area contributed by atoms with Gasteiger partial charge in [0, 0.05) is 12.5 Å². The number of anilines is 1. The topological polar surface area (TPSA) is 50.7 Å². The van der Waals surface area contributed by atoms with E-state index in [1.54, 1.807) is 22.7 Å². The number of thiazole rings is 1. The van der Waals surface area contributed by atoms with Crippen LogP contribution in [0.1, 0.15) is 43.3 Å². The molecule has 1 aliphatic carbocycles. The van der Waals surface area contributed by atoms with Gasteiger partial charge in [0.05, 0.1) is 15.6 Å². The number of aryl methyl sites for hydroxylation is 1. The van der Waals surface area contributed by atoms with Crippen molar-refractivity contribution >= 4 is 27.8 Å². The number of rotatable bonds is 5. The summed E-state index contributed by atoms with van der Waals surface area (Å²) >= 11 is 3.38. The Labute approximate surface area is 121 Å². The maximum Gasteiger partial charge on any atom is 0.206 e. The lowest BCUT2D eigenvalue weighted by molar-refractivity contribution is 0.687. The number of hydrogen-bond donors (Lipinski definition) is 1. The fourth-order valence-electron chi connectivity index (χ4n) is 1.91. The van der Waals surface area contributed by atoms with Gasteiger partial charge >= 0.3 is 0 Å². The minimum absolute atomic E-state index is 0.611. The third-order valence-corrected chi connectivity index (χ3v) is 5.03. The Hall–Kier alpha value is -1.01. The average molecular weight is 294 g/mol. The third-order valence-electron chi connectivity index (χ3n) is 3.01. The van der Waals surface area contributed by atoms with Crippen molar-refractivity contribution in [1.82, 2.24) is 15.2 Å². The number of aromatic nitrogens is 3. The van der Waals surface area contributed by atoms with Gasteiger partial charge in [-0.1, -0.05) is 25.2 Å². The molecule has 0 unspecified atom stereocenters.